The van der Waals surface area contributed by atoms with Gasteiger partial charge >= 0.3 is 0 Å². The number of hydrogen-bond acceptors (Lipinski definition) is 3. The predicted molar refractivity (Wildman–Crippen MR) is 60.2 cm³/mol. The SMILES string of the molecule is Cc1ccccc1S(=O)(=O)NCCC(N)=O. The van der Waals surface area contributed by atoms with Crippen LogP contribution in [0.3, 0.4) is 0 Å². The van der Waals surface area contributed by atoms with Crippen molar-refractivity contribution in [2.75, 3.05) is 6.54 Å². The number of nitrogens with one attached hydrogen (secondary N) is 1. The van der Waals surface area contributed by atoms with Crippen molar-refractivity contribution in [1.29, 1.82) is 0 Å². The maximum Gasteiger partial charge on any atom is 0.240 e. The summed E-state index contributed by atoms with van der Waals surface area (Å²) in [5.74, 6) is -0.535. The summed E-state index contributed by atoms with van der Waals surface area (Å²) in [4.78, 5) is 10.7. The van der Waals surface area contributed by atoms with Gasteiger partial charge in [-0.05, 0) is 18.6 Å². The van der Waals surface area contributed by atoms with Gasteiger partial charge in [-0.3, -0.25) is 4.79 Å². The van der Waals surface area contributed by atoms with E-state index in [0.29, 0.717) is 5.56 Å². The highest BCUT2D eigenvalue weighted by molar-refractivity contribution is 7.89. The number of rotatable bonds is 5. The molecule has 6 heteroatoms. The fourth-order valence-electron chi connectivity index (χ4n) is 1.24. The average molecular weight is 242 g/mol. The highest BCUT2D eigenvalue weighted by Gasteiger charge is 2.15. The van der Waals surface area contributed by atoms with Crippen molar-refractivity contribution < 1.29 is 13.2 Å². The van der Waals surface area contributed by atoms with Crippen LogP contribution in [0.1, 0.15) is 12.0 Å². The standard InChI is InChI=1S/C10H14N2O3S/c1-8-4-2-3-5-9(8)16(14,15)12-7-6-10(11)13/h2-5,12H,6-7H2,1H3,(H2,11,13). The topological polar surface area (TPSA) is 89.3 Å². The summed E-state index contributed by atoms with van der Waals surface area (Å²) in [6, 6.07) is 6.64. The van der Waals surface area contributed by atoms with Gasteiger partial charge in [0.15, 0.2) is 0 Å². The van der Waals surface area contributed by atoms with Gasteiger partial charge in [-0.2, -0.15) is 0 Å². The normalized spacial score (nSPS) is 11.3. The number of primary amides is 1. The van der Waals surface area contributed by atoms with Gasteiger partial charge in [0.05, 0.1) is 4.90 Å². The van der Waals surface area contributed by atoms with Crippen molar-refractivity contribution in [2.45, 2.75) is 18.2 Å². The first-order valence-corrected chi connectivity index (χ1v) is 6.25. The minimum Gasteiger partial charge on any atom is -0.370 e. The molecule has 0 heterocycles. The lowest BCUT2D eigenvalue weighted by molar-refractivity contribution is -0.117. The number of sulfonamides is 1. The Hall–Kier alpha value is -1.40. The number of amides is 1. The van der Waals surface area contributed by atoms with Gasteiger partial charge in [-0.25, -0.2) is 13.1 Å². The van der Waals surface area contributed by atoms with E-state index in [1.807, 2.05) is 0 Å². The van der Waals surface area contributed by atoms with Crippen molar-refractivity contribution in [3.63, 3.8) is 0 Å². The number of benzene rings is 1. The predicted octanol–water partition coefficient (Wildman–Crippen LogP) is 0.149. The van der Waals surface area contributed by atoms with Gasteiger partial charge in [0.2, 0.25) is 15.9 Å². The van der Waals surface area contributed by atoms with E-state index in [2.05, 4.69) is 4.72 Å². The Balaban J connectivity index is 2.79. The molecule has 1 rings (SSSR count). The van der Waals surface area contributed by atoms with Crippen LogP contribution in [0.5, 0.6) is 0 Å². The van der Waals surface area contributed by atoms with Gasteiger partial charge in [0.1, 0.15) is 0 Å². The molecule has 0 radical (unpaired) electrons. The second-order valence-corrected chi connectivity index (χ2v) is 5.11. The van der Waals surface area contributed by atoms with Crippen LogP contribution in [0.15, 0.2) is 29.2 Å². The molecule has 0 aliphatic carbocycles. The Morgan fingerprint density at radius 1 is 1.38 bits per heavy atom. The van der Waals surface area contributed by atoms with E-state index in [0.717, 1.165) is 0 Å². The van der Waals surface area contributed by atoms with Crippen LogP contribution in [0, 0.1) is 6.92 Å². The number of nitrogens with two attached hydrogens (primary N) is 1. The molecule has 0 bridgehead atoms. The van der Waals surface area contributed by atoms with Gasteiger partial charge < -0.3 is 5.73 Å². The third kappa shape index (κ3) is 3.32. The minimum atomic E-state index is -3.54. The monoisotopic (exact) mass is 242 g/mol. The maximum absolute atomic E-state index is 11.8. The molecule has 0 spiro atoms. The summed E-state index contributed by atoms with van der Waals surface area (Å²) in [6.45, 7) is 1.73. The van der Waals surface area contributed by atoms with Gasteiger partial charge in [0, 0.05) is 13.0 Å². The van der Waals surface area contributed by atoms with Crippen molar-refractivity contribution in [2.24, 2.45) is 5.73 Å². The Morgan fingerprint density at radius 3 is 2.56 bits per heavy atom. The lowest BCUT2D eigenvalue weighted by Gasteiger charge is -2.07. The Kier molecular flexibility index (Phi) is 4.03. The number of carbonyl (C=O) groups excluding carboxylic acids is 1. The molecular formula is C10H14N2O3S. The smallest absolute Gasteiger partial charge is 0.240 e. The van der Waals surface area contributed by atoms with Crippen molar-refractivity contribution in [1.82, 2.24) is 4.72 Å². The van der Waals surface area contributed by atoms with Crippen LogP contribution in [-0.4, -0.2) is 20.9 Å². The molecule has 0 aliphatic heterocycles. The lowest BCUT2D eigenvalue weighted by atomic mass is 10.2. The molecule has 0 saturated heterocycles. The maximum atomic E-state index is 11.8. The molecule has 0 saturated carbocycles. The molecule has 0 fully saturated rings. The van der Waals surface area contributed by atoms with E-state index in [1.54, 1.807) is 25.1 Å². The number of carbonyl (C=O) groups is 1. The van der Waals surface area contributed by atoms with Crippen LogP contribution >= 0.6 is 0 Å². The highest BCUT2D eigenvalue weighted by atomic mass is 32.2. The molecule has 0 aromatic heterocycles. The van der Waals surface area contributed by atoms with Gasteiger partial charge in [-0.15, -0.1) is 0 Å². The van der Waals surface area contributed by atoms with Crippen molar-refractivity contribution in [3.8, 4) is 0 Å². The Labute approximate surface area is 94.7 Å². The molecule has 1 aromatic carbocycles. The third-order valence-electron chi connectivity index (χ3n) is 2.05. The number of aryl methyl sites for hydroxylation is 1. The average Bonchev–Trinajstić information content (AvgIpc) is 2.17. The Morgan fingerprint density at radius 2 is 2.00 bits per heavy atom. The summed E-state index contributed by atoms with van der Waals surface area (Å²) in [7, 11) is -3.54. The van der Waals surface area contributed by atoms with Crippen molar-refractivity contribution in [3.05, 3.63) is 29.8 Å². The molecule has 3 N–H and O–H groups in total. The molecule has 0 unspecified atom stereocenters. The van der Waals surface area contributed by atoms with Crippen LogP contribution in [0.25, 0.3) is 0 Å². The lowest BCUT2D eigenvalue weighted by Crippen LogP contribution is -2.28. The summed E-state index contributed by atoms with van der Waals surface area (Å²) < 4.78 is 25.9. The van der Waals surface area contributed by atoms with E-state index in [9.17, 15) is 13.2 Å². The van der Waals surface area contributed by atoms with Crippen molar-refractivity contribution >= 4 is 15.9 Å². The first-order valence-electron chi connectivity index (χ1n) is 4.77. The van der Waals surface area contributed by atoms with Gasteiger partial charge in [-0.1, -0.05) is 18.2 Å². The van der Waals surface area contributed by atoms with Crippen LogP contribution in [0.2, 0.25) is 0 Å². The molecule has 88 valence electrons. The molecule has 1 amide bonds. The van der Waals surface area contributed by atoms with Gasteiger partial charge in [0.25, 0.3) is 0 Å². The van der Waals surface area contributed by atoms with Crippen LogP contribution < -0.4 is 10.5 Å². The first kappa shape index (κ1) is 12.7. The zero-order valence-electron chi connectivity index (χ0n) is 8.93. The van der Waals surface area contributed by atoms with Crippen LogP contribution in [-0.2, 0) is 14.8 Å². The minimum absolute atomic E-state index is 0.00882. The molecule has 1 aromatic rings. The summed E-state index contributed by atoms with van der Waals surface area (Å²) in [5.41, 5.74) is 5.58. The molecule has 0 atom stereocenters. The second kappa shape index (κ2) is 5.09. The molecule has 5 nitrogen and oxygen atoms in total. The zero-order valence-corrected chi connectivity index (χ0v) is 9.75. The zero-order chi connectivity index (χ0) is 12.2. The fourth-order valence-corrected chi connectivity index (χ4v) is 2.52. The molecule has 0 aliphatic rings. The van der Waals surface area contributed by atoms with E-state index in [-0.39, 0.29) is 17.9 Å². The third-order valence-corrected chi connectivity index (χ3v) is 3.67. The first-order chi connectivity index (χ1) is 7.43. The molecule has 16 heavy (non-hydrogen) atoms. The quantitative estimate of drug-likeness (QED) is 0.770. The van der Waals surface area contributed by atoms with E-state index in [1.165, 1.54) is 6.07 Å². The summed E-state index contributed by atoms with van der Waals surface area (Å²) in [5, 5.41) is 0. The van der Waals surface area contributed by atoms with E-state index < -0.39 is 15.9 Å². The van der Waals surface area contributed by atoms with E-state index >= 15 is 0 Å². The van der Waals surface area contributed by atoms with E-state index in [4.69, 9.17) is 5.73 Å². The Bertz CT molecular complexity index is 483. The highest BCUT2D eigenvalue weighted by Crippen LogP contribution is 2.13. The summed E-state index contributed by atoms with van der Waals surface area (Å²) >= 11 is 0. The molecular weight excluding hydrogens is 228 g/mol. The summed E-state index contributed by atoms with van der Waals surface area (Å²) in [6.07, 6.45) is -0.00882. The number of hydrogen-bond donors (Lipinski definition) is 2. The fraction of sp³-hybridized carbons (Fsp3) is 0.300. The van der Waals surface area contributed by atoms with Crippen LogP contribution in [0.4, 0.5) is 0 Å². The largest absolute Gasteiger partial charge is 0.370 e. The second-order valence-electron chi connectivity index (χ2n) is 3.38.